The lowest BCUT2D eigenvalue weighted by Crippen LogP contribution is -2.46. The highest BCUT2D eigenvalue weighted by atomic mass is 19.1. The molecule has 5 N–H and O–H groups in total. The SMILES string of the molecule is Cn1cc(-c2cc(C(=[NH2+])c3cc(N4CCCC(C)(O)C4)ncn3)c(N)cc2F)cn1. The van der Waals surface area contributed by atoms with E-state index < -0.39 is 11.4 Å². The molecular formula is C21H25FN7O+. The van der Waals surface area contributed by atoms with Gasteiger partial charge >= 0.3 is 0 Å². The Hall–Kier alpha value is -3.33. The number of halogens is 1. The van der Waals surface area contributed by atoms with Crippen LogP contribution in [0.4, 0.5) is 15.9 Å². The van der Waals surface area contributed by atoms with E-state index in [2.05, 4.69) is 15.1 Å². The topological polar surface area (TPSA) is 119 Å². The van der Waals surface area contributed by atoms with E-state index in [-0.39, 0.29) is 5.69 Å². The lowest BCUT2D eigenvalue weighted by Gasteiger charge is -2.37. The van der Waals surface area contributed by atoms with Crippen LogP contribution in [-0.2, 0) is 7.05 Å². The number of aromatic nitrogens is 4. The van der Waals surface area contributed by atoms with Gasteiger partial charge in [-0.1, -0.05) is 0 Å². The van der Waals surface area contributed by atoms with Crippen LogP contribution < -0.4 is 16.0 Å². The predicted molar refractivity (Wildman–Crippen MR) is 112 cm³/mol. The Labute approximate surface area is 173 Å². The van der Waals surface area contributed by atoms with Gasteiger partial charge in [0.05, 0.1) is 17.4 Å². The van der Waals surface area contributed by atoms with E-state index in [1.54, 1.807) is 36.3 Å². The van der Waals surface area contributed by atoms with Crippen LogP contribution in [0.5, 0.6) is 0 Å². The van der Waals surface area contributed by atoms with Gasteiger partial charge in [-0.15, -0.1) is 0 Å². The average molecular weight is 410 g/mol. The first-order valence-electron chi connectivity index (χ1n) is 9.74. The fourth-order valence-corrected chi connectivity index (χ4v) is 3.82. The van der Waals surface area contributed by atoms with Crippen molar-refractivity contribution in [3.8, 4) is 11.1 Å². The van der Waals surface area contributed by atoms with Gasteiger partial charge in [-0.3, -0.25) is 10.1 Å². The maximum absolute atomic E-state index is 14.5. The van der Waals surface area contributed by atoms with Crippen LogP contribution in [0.15, 0.2) is 36.9 Å². The van der Waals surface area contributed by atoms with Crippen LogP contribution in [-0.4, -0.2) is 49.3 Å². The van der Waals surface area contributed by atoms with E-state index in [1.807, 2.05) is 11.8 Å². The maximum Gasteiger partial charge on any atom is 0.232 e. The molecule has 0 bridgehead atoms. The van der Waals surface area contributed by atoms with Gasteiger partial charge in [-0.2, -0.15) is 5.10 Å². The standard InChI is InChI=1S/C21H24FN7O/c1-21(30)4-3-5-29(11-21)19-8-18(25-12-26-19)20(24)15-6-14(16(22)7-17(15)23)13-9-27-28(2)10-13/h6-10,12,24,30H,3-5,11,23H2,1-2H3/p+1. The van der Waals surface area contributed by atoms with Crippen LogP contribution in [0.25, 0.3) is 11.1 Å². The summed E-state index contributed by atoms with van der Waals surface area (Å²) in [6.07, 6.45) is 6.35. The summed E-state index contributed by atoms with van der Waals surface area (Å²) in [5.41, 5.74) is 7.82. The number of β-amino-alcohol motifs (C(OH)–C–C–N with tert-alkyl or cyclic N) is 1. The summed E-state index contributed by atoms with van der Waals surface area (Å²) in [5, 5.41) is 20.9. The van der Waals surface area contributed by atoms with Crippen LogP contribution in [0.2, 0.25) is 0 Å². The minimum absolute atomic E-state index is 0.221. The highest BCUT2D eigenvalue weighted by Crippen LogP contribution is 2.29. The summed E-state index contributed by atoms with van der Waals surface area (Å²) in [6.45, 7) is 3.09. The Bertz CT molecular complexity index is 1110. The lowest BCUT2D eigenvalue weighted by molar-refractivity contribution is -0.111. The van der Waals surface area contributed by atoms with Gasteiger partial charge in [-0.05, 0) is 31.9 Å². The van der Waals surface area contributed by atoms with Gasteiger partial charge in [0.2, 0.25) is 5.71 Å². The molecule has 1 fully saturated rings. The lowest BCUT2D eigenvalue weighted by atomic mass is 9.95. The van der Waals surface area contributed by atoms with E-state index in [0.29, 0.717) is 40.5 Å². The summed E-state index contributed by atoms with van der Waals surface area (Å²) < 4.78 is 16.1. The second-order valence-electron chi connectivity index (χ2n) is 8.02. The number of aliphatic hydroxyl groups is 1. The number of anilines is 2. The summed E-state index contributed by atoms with van der Waals surface area (Å²) in [7, 11) is 1.76. The fourth-order valence-electron chi connectivity index (χ4n) is 3.82. The molecule has 0 amide bonds. The van der Waals surface area contributed by atoms with E-state index >= 15 is 0 Å². The number of benzene rings is 1. The van der Waals surface area contributed by atoms with Gasteiger partial charge in [0, 0.05) is 49.2 Å². The molecule has 4 rings (SSSR count). The third-order valence-corrected chi connectivity index (χ3v) is 5.37. The van der Waals surface area contributed by atoms with Crippen molar-refractivity contribution in [2.24, 2.45) is 7.05 Å². The summed E-state index contributed by atoms with van der Waals surface area (Å²) in [6, 6.07) is 4.64. The third-order valence-electron chi connectivity index (χ3n) is 5.37. The molecule has 0 saturated carbocycles. The van der Waals surface area contributed by atoms with Crippen molar-refractivity contribution in [1.29, 1.82) is 0 Å². The van der Waals surface area contributed by atoms with Gasteiger partial charge in [-0.25, -0.2) is 14.4 Å². The largest absolute Gasteiger partial charge is 0.398 e. The monoisotopic (exact) mass is 410 g/mol. The Kier molecular flexibility index (Phi) is 4.98. The molecule has 8 nitrogen and oxygen atoms in total. The third kappa shape index (κ3) is 3.88. The van der Waals surface area contributed by atoms with Gasteiger partial charge in [0.15, 0.2) is 0 Å². The molecule has 1 atom stereocenters. The number of piperidine rings is 1. The predicted octanol–water partition coefficient (Wildman–Crippen LogP) is 0.546. The molecule has 30 heavy (non-hydrogen) atoms. The van der Waals surface area contributed by atoms with Crippen molar-refractivity contribution in [3.05, 3.63) is 54.0 Å². The van der Waals surface area contributed by atoms with Gasteiger partial charge in [0.25, 0.3) is 0 Å². The summed E-state index contributed by atoms with van der Waals surface area (Å²) >= 11 is 0. The van der Waals surface area contributed by atoms with Crippen molar-refractivity contribution >= 4 is 17.2 Å². The van der Waals surface area contributed by atoms with Crippen molar-refractivity contribution in [2.45, 2.75) is 25.4 Å². The molecule has 1 aromatic carbocycles. The van der Waals surface area contributed by atoms with E-state index in [1.165, 1.54) is 12.4 Å². The molecule has 0 spiro atoms. The Morgan fingerprint density at radius 3 is 2.80 bits per heavy atom. The average Bonchev–Trinajstić information content (AvgIpc) is 3.13. The molecule has 1 saturated heterocycles. The zero-order chi connectivity index (χ0) is 21.5. The van der Waals surface area contributed by atoms with Crippen LogP contribution >= 0.6 is 0 Å². The zero-order valence-corrected chi connectivity index (χ0v) is 17.0. The zero-order valence-electron chi connectivity index (χ0n) is 17.0. The molecule has 3 aromatic rings. The number of nitrogens with zero attached hydrogens (tertiary/aromatic N) is 5. The van der Waals surface area contributed by atoms with E-state index in [9.17, 15) is 9.50 Å². The fraction of sp³-hybridized carbons (Fsp3) is 0.333. The minimum Gasteiger partial charge on any atom is -0.398 e. The van der Waals surface area contributed by atoms with Crippen molar-refractivity contribution < 1.29 is 14.9 Å². The van der Waals surface area contributed by atoms with Crippen molar-refractivity contribution in [2.75, 3.05) is 23.7 Å². The number of hydrogen-bond acceptors (Lipinski definition) is 6. The number of nitrogen functional groups attached to an aromatic ring is 1. The van der Waals surface area contributed by atoms with Crippen molar-refractivity contribution in [3.63, 3.8) is 0 Å². The molecule has 156 valence electrons. The van der Waals surface area contributed by atoms with Gasteiger partial charge < -0.3 is 15.7 Å². The molecule has 2 aromatic heterocycles. The molecule has 1 aliphatic heterocycles. The molecule has 9 heteroatoms. The molecule has 1 unspecified atom stereocenters. The summed E-state index contributed by atoms with van der Waals surface area (Å²) in [5.74, 6) is 0.229. The smallest absolute Gasteiger partial charge is 0.232 e. The van der Waals surface area contributed by atoms with E-state index in [0.717, 1.165) is 19.4 Å². The maximum atomic E-state index is 14.5. The second-order valence-corrected chi connectivity index (χ2v) is 8.02. The second kappa shape index (κ2) is 7.49. The minimum atomic E-state index is -0.765. The number of hydrogen-bond donors (Lipinski definition) is 3. The number of nitrogens with two attached hydrogens (primary N) is 2. The quantitative estimate of drug-likeness (QED) is 0.427. The molecule has 3 heterocycles. The van der Waals surface area contributed by atoms with Crippen LogP contribution in [0, 0.1) is 5.82 Å². The van der Waals surface area contributed by atoms with Crippen LogP contribution in [0.1, 0.15) is 31.0 Å². The van der Waals surface area contributed by atoms with Crippen molar-refractivity contribution in [1.82, 2.24) is 19.7 Å². The molecular weight excluding hydrogens is 385 g/mol. The highest BCUT2D eigenvalue weighted by Gasteiger charge is 2.29. The normalized spacial score (nSPS) is 19.1. The van der Waals surface area contributed by atoms with Gasteiger partial charge in [0.1, 0.15) is 23.7 Å². The first-order chi connectivity index (χ1) is 14.2. The first-order valence-corrected chi connectivity index (χ1v) is 9.74. The molecule has 0 radical (unpaired) electrons. The number of aryl methyl sites for hydroxylation is 1. The Morgan fingerprint density at radius 1 is 1.30 bits per heavy atom. The van der Waals surface area contributed by atoms with Crippen LogP contribution in [0.3, 0.4) is 0 Å². The Morgan fingerprint density at radius 2 is 2.10 bits per heavy atom. The number of rotatable bonds is 4. The van der Waals surface area contributed by atoms with E-state index in [4.69, 9.17) is 11.1 Å². The first kappa shape index (κ1) is 20.0. The Balaban J connectivity index is 1.68. The highest BCUT2D eigenvalue weighted by molar-refractivity contribution is 6.11. The summed E-state index contributed by atoms with van der Waals surface area (Å²) in [4.78, 5) is 10.6. The molecule has 0 aliphatic carbocycles. The molecule has 1 aliphatic rings.